The number of carbonyl (C=O) groups excluding carboxylic acids is 2. The number of nitrogens with two attached hydrogens (primary N) is 1. The predicted octanol–water partition coefficient (Wildman–Crippen LogP) is 1.49. The van der Waals surface area contributed by atoms with Gasteiger partial charge in [-0.15, -0.1) is 11.3 Å². The van der Waals surface area contributed by atoms with Crippen LogP contribution in [-0.2, 0) is 4.79 Å². The summed E-state index contributed by atoms with van der Waals surface area (Å²) in [6.45, 7) is 0. The smallest absolute Gasteiger partial charge is 0.313 e. The first kappa shape index (κ1) is 13.0. The number of carbonyl (C=O) groups is 2. The van der Waals surface area contributed by atoms with Gasteiger partial charge in [-0.1, -0.05) is 18.2 Å². The van der Waals surface area contributed by atoms with Crippen LogP contribution in [0.1, 0.15) is 11.0 Å². The number of hydrogen-bond acceptors (Lipinski definition) is 4. The van der Waals surface area contributed by atoms with Crippen LogP contribution in [0.5, 0.6) is 0 Å². The molecule has 6 nitrogen and oxygen atoms in total. The molecule has 2 rings (SSSR count). The van der Waals surface area contributed by atoms with Gasteiger partial charge in [0, 0.05) is 17.3 Å². The standard InChI is InChI=1S/C12H12N4O2S/c13-12(18)16-9(11-14-6-7-19-11)10(17)15-8-4-2-1-3-5-8/h1-7,9H,(H,15,17)(H3,13,16,18). The Morgan fingerprint density at radius 1 is 1.26 bits per heavy atom. The van der Waals surface area contributed by atoms with Gasteiger partial charge < -0.3 is 16.4 Å². The summed E-state index contributed by atoms with van der Waals surface area (Å²) in [5.74, 6) is -0.389. The van der Waals surface area contributed by atoms with E-state index in [9.17, 15) is 9.59 Å². The third kappa shape index (κ3) is 3.52. The fourth-order valence-electron chi connectivity index (χ4n) is 1.49. The number of thiazole rings is 1. The molecule has 1 heterocycles. The number of nitrogens with zero attached hydrogens (tertiary/aromatic N) is 1. The first-order valence-corrected chi connectivity index (χ1v) is 6.36. The third-order valence-corrected chi connectivity index (χ3v) is 3.13. The van der Waals surface area contributed by atoms with E-state index in [1.165, 1.54) is 11.3 Å². The second kappa shape index (κ2) is 5.96. The maximum absolute atomic E-state index is 12.1. The number of urea groups is 1. The van der Waals surface area contributed by atoms with E-state index in [-0.39, 0.29) is 5.91 Å². The molecule has 0 bridgehead atoms. The molecule has 1 atom stereocenters. The Morgan fingerprint density at radius 3 is 2.58 bits per heavy atom. The number of nitrogens with one attached hydrogen (secondary N) is 2. The molecule has 3 amide bonds. The lowest BCUT2D eigenvalue weighted by molar-refractivity contribution is -0.118. The van der Waals surface area contributed by atoms with Gasteiger partial charge >= 0.3 is 6.03 Å². The van der Waals surface area contributed by atoms with Crippen LogP contribution in [0.25, 0.3) is 0 Å². The minimum absolute atomic E-state index is 0.389. The normalized spacial score (nSPS) is 11.6. The van der Waals surface area contributed by atoms with Crippen LogP contribution < -0.4 is 16.4 Å². The van der Waals surface area contributed by atoms with E-state index in [1.54, 1.807) is 35.8 Å². The number of amides is 3. The van der Waals surface area contributed by atoms with Gasteiger partial charge in [0.15, 0.2) is 6.04 Å². The van der Waals surface area contributed by atoms with Gasteiger partial charge in [-0.2, -0.15) is 0 Å². The van der Waals surface area contributed by atoms with Gasteiger partial charge in [-0.3, -0.25) is 4.79 Å². The van der Waals surface area contributed by atoms with Crippen LogP contribution in [0.2, 0.25) is 0 Å². The summed E-state index contributed by atoms with van der Waals surface area (Å²) in [7, 11) is 0. The molecule has 0 aliphatic heterocycles. The van der Waals surface area contributed by atoms with Crippen LogP contribution in [0, 0.1) is 0 Å². The topological polar surface area (TPSA) is 97.1 Å². The van der Waals surface area contributed by atoms with Crippen molar-refractivity contribution >= 4 is 29.0 Å². The summed E-state index contributed by atoms with van der Waals surface area (Å²) >= 11 is 1.27. The summed E-state index contributed by atoms with van der Waals surface area (Å²) in [6.07, 6.45) is 1.56. The van der Waals surface area contributed by atoms with E-state index in [4.69, 9.17) is 5.73 Å². The van der Waals surface area contributed by atoms with Crippen LogP contribution >= 0.6 is 11.3 Å². The van der Waals surface area contributed by atoms with Gasteiger partial charge in [0.1, 0.15) is 5.01 Å². The van der Waals surface area contributed by atoms with Crippen molar-refractivity contribution in [1.29, 1.82) is 0 Å². The number of benzene rings is 1. The van der Waals surface area contributed by atoms with Crippen molar-refractivity contribution in [3.8, 4) is 0 Å². The summed E-state index contributed by atoms with van der Waals surface area (Å²) < 4.78 is 0. The predicted molar refractivity (Wildman–Crippen MR) is 72.6 cm³/mol. The van der Waals surface area contributed by atoms with E-state index in [0.717, 1.165) is 0 Å². The average molecular weight is 276 g/mol. The largest absolute Gasteiger partial charge is 0.352 e. The zero-order chi connectivity index (χ0) is 13.7. The van der Waals surface area contributed by atoms with Gasteiger partial charge in [0.25, 0.3) is 5.91 Å². The highest BCUT2D eigenvalue weighted by molar-refractivity contribution is 7.09. The Balaban J connectivity index is 2.14. The van der Waals surface area contributed by atoms with Crippen LogP contribution in [-0.4, -0.2) is 16.9 Å². The van der Waals surface area contributed by atoms with E-state index in [2.05, 4.69) is 15.6 Å². The SMILES string of the molecule is NC(=O)NC(C(=O)Nc1ccccc1)c1nccs1. The van der Waals surface area contributed by atoms with Crippen molar-refractivity contribution in [2.24, 2.45) is 5.73 Å². The van der Waals surface area contributed by atoms with E-state index >= 15 is 0 Å². The van der Waals surface area contributed by atoms with Crippen LogP contribution in [0.4, 0.5) is 10.5 Å². The van der Waals surface area contributed by atoms with E-state index in [1.807, 2.05) is 6.07 Å². The molecule has 19 heavy (non-hydrogen) atoms. The number of para-hydroxylation sites is 1. The first-order chi connectivity index (χ1) is 9.16. The summed E-state index contributed by atoms with van der Waals surface area (Å²) in [5.41, 5.74) is 5.72. The molecule has 2 aromatic rings. The molecule has 0 saturated carbocycles. The molecule has 0 fully saturated rings. The number of hydrogen-bond donors (Lipinski definition) is 3. The molecule has 0 aliphatic rings. The first-order valence-electron chi connectivity index (χ1n) is 5.48. The van der Waals surface area contributed by atoms with Crippen molar-refractivity contribution in [2.45, 2.75) is 6.04 Å². The number of primary amides is 1. The van der Waals surface area contributed by atoms with Gasteiger partial charge in [-0.05, 0) is 12.1 Å². The molecule has 0 aliphatic carbocycles. The minimum Gasteiger partial charge on any atom is -0.352 e. The quantitative estimate of drug-likeness (QED) is 0.789. The summed E-state index contributed by atoms with van der Waals surface area (Å²) in [5, 5.41) is 7.27. The number of rotatable bonds is 4. The molecule has 7 heteroatoms. The third-order valence-electron chi connectivity index (χ3n) is 2.29. The lowest BCUT2D eigenvalue weighted by atomic mass is 10.2. The summed E-state index contributed by atoms with van der Waals surface area (Å²) in [4.78, 5) is 27.1. The highest BCUT2D eigenvalue weighted by Gasteiger charge is 2.24. The van der Waals surface area contributed by atoms with Gasteiger partial charge in [0.2, 0.25) is 0 Å². The molecule has 1 unspecified atom stereocenters. The van der Waals surface area contributed by atoms with E-state index in [0.29, 0.717) is 10.7 Å². The fraction of sp³-hybridized carbons (Fsp3) is 0.0833. The van der Waals surface area contributed by atoms with Crippen molar-refractivity contribution in [2.75, 3.05) is 5.32 Å². The highest BCUT2D eigenvalue weighted by atomic mass is 32.1. The van der Waals surface area contributed by atoms with Crippen molar-refractivity contribution in [3.63, 3.8) is 0 Å². The Morgan fingerprint density at radius 2 is 2.00 bits per heavy atom. The molecular formula is C12H12N4O2S. The monoisotopic (exact) mass is 276 g/mol. The molecule has 0 spiro atoms. The number of aromatic nitrogens is 1. The Kier molecular flexibility index (Phi) is 4.09. The zero-order valence-corrected chi connectivity index (χ0v) is 10.7. The number of anilines is 1. The molecule has 1 aromatic carbocycles. The van der Waals surface area contributed by atoms with Gasteiger partial charge in [0.05, 0.1) is 0 Å². The Labute approximate surface area is 113 Å². The molecule has 0 saturated heterocycles. The van der Waals surface area contributed by atoms with E-state index < -0.39 is 12.1 Å². The zero-order valence-electron chi connectivity index (χ0n) is 9.87. The summed E-state index contributed by atoms with van der Waals surface area (Å²) in [6, 6.07) is 7.28. The molecular weight excluding hydrogens is 264 g/mol. The molecule has 4 N–H and O–H groups in total. The van der Waals surface area contributed by atoms with Crippen molar-refractivity contribution < 1.29 is 9.59 Å². The maximum atomic E-state index is 12.1. The lowest BCUT2D eigenvalue weighted by Crippen LogP contribution is -2.39. The highest BCUT2D eigenvalue weighted by Crippen LogP contribution is 2.18. The van der Waals surface area contributed by atoms with Crippen LogP contribution in [0.3, 0.4) is 0 Å². The molecule has 98 valence electrons. The average Bonchev–Trinajstić information content (AvgIpc) is 2.90. The Bertz CT molecular complexity index is 556. The maximum Gasteiger partial charge on any atom is 0.313 e. The second-order valence-electron chi connectivity index (χ2n) is 3.67. The lowest BCUT2D eigenvalue weighted by Gasteiger charge is -2.14. The molecule has 0 radical (unpaired) electrons. The van der Waals surface area contributed by atoms with Crippen LogP contribution in [0.15, 0.2) is 41.9 Å². The Hall–Kier alpha value is -2.41. The van der Waals surface area contributed by atoms with Gasteiger partial charge in [-0.25, -0.2) is 9.78 Å². The molecule has 1 aromatic heterocycles. The van der Waals surface area contributed by atoms with Crippen molar-refractivity contribution in [3.05, 3.63) is 46.9 Å². The van der Waals surface area contributed by atoms with Crippen molar-refractivity contribution in [1.82, 2.24) is 10.3 Å². The second-order valence-corrected chi connectivity index (χ2v) is 4.59. The fourth-order valence-corrected chi connectivity index (χ4v) is 2.18. The minimum atomic E-state index is -0.891.